The Morgan fingerprint density at radius 1 is 0.818 bits per heavy atom. The largest absolute Gasteiger partial charge is 4.00 e. The van der Waals surface area contributed by atoms with Crippen molar-refractivity contribution in [3.05, 3.63) is 46.8 Å². The van der Waals surface area contributed by atoms with E-state index >= 15 is 0 Å². The molecule has 1 radical (unpaired) electrons. The molecular weight excluding hydrogens is 348 g/mol. The van der Waals surface area contributed by atoms with E-state index in [-0.39, 0.29) is 24.6 Å². The normalized spacial score (nSPS) is 15.8. The van der Waals surface area contributed by atoms with Gasteiger partial charge in [0.25, 0.3) is 0 Å². The van der Waals surface area contributed by atoms with Crippen molar-refractivity contribution in [2.24, 2.45) is 0 Å². The van der Waals surface area contributed by atoms with Gasteiger partial charge in [0.05, 0.1) is 0 Å². The van der Waals surface area contributed by atoms with Crippen molar-refractivity contribution < 1.29 is 24.6 Å². The molecule has 0 heterocycles. The first kappa shape index (κ1) is 24.6. The third kappa shape index (κ3) is 11.0. The number of hydrogen-bond donors (Lipinski definition) is 0. The Morgan fingerprint density at radius 2 is 1.09 bits per heavy atom. The third-order valence-corrected chi connectivity index (χ3v) is 7.29. The number of allylic oxidation sites excluding steroid dienone is 8. The van der Waals surface area contributed by atoms with Crippen molar-refractivity contribution in [3.63, 3.8) is 0 Å². The van der Waals surface area contributed by atoms with E-state index in [9.17, 15) is 0 Å². The summed E-state index contributed by atoms with van der Waals surface area (Å²) in [5, 5.41) is 3.12. The molecule has 0 bridgehead atoms. The molecule has 0 saturated carbocycles. The molecule has 0 spiro atoms. The summed E-state index contributed by atoms with van der Waals surface area (Å²) in [7, 11) is -1.21. The van der Waals surface area contributed by atoms with Gasteiger partial charge in [-0.15, -0.1) is 12.8 Å². The summed E-state index contributed by atoms with van der Waals surface area (Å²) < 4.78 is 0. The average Bonchev–Trinajstić information content (AvgIpc) is 3.03. The van der Waals surface area contributed by atoms with Gasteiger partial charge < -0.3 is 2.85 Å². The monoisotopic (exact) mass is 383 g/mol. The Kier molecular flexibility index (Phi) is 13.2. The molecule has 0 nitrogen and oxygen atoms in total. The summed E-state index contributed by atoms with van der Waals surface area (Å²) in [6.07, 6.45) is 17.4. The van der Waals surface area contributed by atoms with Crippen LogP contribution >= 0.6 is 0 Å². The van der Waals surface area contributed by atoms with Gasteiger partial charge in [-0.3, -0.25) is 12.2 Å². The molecule has 0 aromatic heterocycles. The van der Waals surface area contributed by atoms with Crippen molar-refractivity contribution in [1.29, 1.82) is 0 Å². The van der Waals surface area contributed by atoms with Crippen LogP contribution in [0.3, 0.4) is 0 Å². The topological polar surface area (TPSA) is 0 Å². The molecule has 2 aliphatic rings. The Labute approximate surface area is 161 Å². The zero-order chi connectivity index (χ0) is 16.5. The van der Waals surface area contributed by atoms with Crippen LogP contribution in [0.15, 0.2) is 34.7 Å². The van der Waals surface area contributed by atoms with Crippen molar-refractivity contribution >= 4 is 25.7 Å². The molecule has 2 rings (SSSR count). The molecule has 2 aliphatic carbocycles. The molecule has 0 unspecified atom stereocenters. The summed E-state index contributed by atoms with van der Waals surface area (Å²) in [4.78, 5) is 0. The fraction of sp³-hybridized carbons (Fsp3) is 0.556. The third-order valence-electron chi connectivity index (χ3n) is 3.13. The maximum atomic E-state index is 3.20. The van der Waals surface area contributed by atoms with Gasteiger partial charge in [0, 0.05) is 9.52 Å². The van der Waals surface area contributed by atoms with Gasteiger partial charge in [-0.25, -0.2) is 22.5 Å². The summed E-state index contributed by atoms with van der Waals surface area (Å²) in [6, 6.07) is 0. The molecule has 0 N–H and O–H groups in total. The van der Waals surface area contributed by atoms with E-state index in [1.807, 2.05) is 0 Å². The summed E-state index contributed by atoms with van der Waals surface area (Å²) in [5.74, 6) is 0. The first-order valence-corrected chi connectivity index (χ1v) is 17.2. The Morgan fingerprint density at radius 3 is 1.18 bits per heavy atom. The zero-order valence-electron chi connectivity index (χ0n) is 17.8. The predicted octanol–water partition coefficient (Wildman–Crippen LogP) is 5.85. The maximum absolute atomic E-state index is 3.20. The standard InChI is InChI=1S/2C8H13Si.C2H7Si.Ti.2H/c2*1-9(2,3)8-6-4-5-7-8;1-3-2;;;/h2*6-7H,4H2,1-3H3;3H,1-2H3;;;/q2*-1;;+4;2*-1. The molecule has 123 valence electrons. The predicted molar refractivity (Wildman–Crippen MR) is 109 cm³/mol. The molecule has 0 atom stereocenters. The molecule has 0 fully saturated rings. The second kappa shape index (κ2) is 11.8. The second-order valence-electron chi connectivity index (χ2n) is 7.50. The van der Waals surface area contributed by atoms with Crippen molar-refractivity contribution in [2.45, 2.75) is 65.2 Å². The minimum atomic E-state index is -0.981. The Balaban J connectivity index is -0.000000130. The van der Waals surface area contributed by atoms with Gasteiger partial charge in [0.1, 0.15) is 0 Å². The van der Waals surface area contributed by atoms with Crippen LogP contribution in [0.1, 0.15) is 15.7 Å². The van der Waals surface area contributed by atoms with Gasteiger partial charge in [-0.05, 0) is 16.1 Å². The van der Waals surface area contributed by atoms with Crippen LogP contribution < -0.4 is 0 Å². The summed E-state index contributed by atoms with van der Waals surface area (Å²) in [5.41, 5.74) is 0. The minimum Gasteiger partial charge on any atom is -1.00 e. The zero-order valence-corrected chi connectivity index (χ0v) is 20.5. The van der Waals surface area contributed by atoms with E-state index in [4.69, 9.17) is 0 Å². The average molecular weight is 384 g/mol. The van der Waals surface area contributed by atoms with Gasteiger partial charge in [-0.2, -0.15) is 12.2 Å². The Bertz CT molecular complexity index is 389. The summed E-state index contributed by atoms with van der Waals surface area (Å²) in [6.45, 7) is 18.6. The van der Waals surface area contributed by atoms with Crippen LogP contribution in [0.25, 0.3) is 0 Å². The SMILES string of the molecule is C[SiH]C.C[Si](C)(C)C1=CC[C-]=C1.C[Si](C)(C)C1=CC[C-]=C1.[H-].[H-].[Ti+4]. The van der Waals surface area contributed by atoms with Crippen LogP contribution in [0.2, 0.25) is 52.4 Å². The van der Waals surface area contributed by atoms with Crippen LogP contribution in [-0.4, -0.2) is 25.7 Å². The van der Waals surface area contributed by atoms with Gasteiger partial charge in [0.2, 0.25) is 0 Å². The molecule has 22 heavy (non-hydrogen) atoms. The van der Waals surface area contributed by atoms with Crippen LogP contribution in [-0.2, 0) is 21.7 Å². The van der Waals surface area contributed by atoms with Crippen molar-refractivity contribution in [1.82, 2.24) is 0 Å². The van der Waals surface area contributed by atoms with Crippen molar-refractivity contribution in [3.8, 4) is 0 Å². The Hall–Kier alpha value is 0.325. The maximum Gasteiger partial charge on any atom is 4.00 e. The first-order chi connectivity index (χ1) is 9.62. The second-order valence-corrected chi connectivity index (χ2v) is 18.8. The first-order valence-electron chi connectivity index (χ1n) is 7.91. The van der Waals surface area contributed by atoms with E-state index in [2.05, 4.69) is 88.8 Å². The van der Waals surface area contributed by atoms with E-state index in [0.717, 1.165) is 22.4 Å². The van der Waals surface area contributed by atoms with E-state index in [0.29, 0.717) is 0 Å². The van der Waals surface area contributed by atoms with Crippen LogP contribution in [0, 0.1) is 12.2 Å². The summed E-state index contributed by atoms with van der Waals surface area (Å²) >= 11 is 0. The number of hydrogen-bond acceptors (Lipinski definition) is 0. The molecule has 0 aromatic carbocycles. The van der Waals surface area contributed by atoms with E-state index < -0.39 is 16.1 Å². The minimum absolute atomic E-state index is 0. The van der Waals surface area contributed by atoms with Gasteiger partial charge >= 0.3 is 21.7 Å². The van der Waals surface area contributed by atoms with Crippen molar-refractivity contribution in [2.75, 3.05) is 0 Å². The molecule has 4 heteroatoms. The quantitative estimate of drug-likeness (QED) is 0.414. The molecule has 0 saturated heterocycles. The molecule has 0 aliphatic heterocycles. The van der Waals surface area contributed by atoms with Crippen LogP contribution in [0.5, 0.6) is 0 Å². The molecular formula is C18H35Si3Ti. The van der Waals surface area contributed by atoms with E-state index in [1.165, 1.54) is 0 Å². The molecule has 0 amide bonds. The number of rotatable bonds is 2. The fourth-order valence-corrected chi connectivity index (χ4v) is 4.34. The van der Waals surface area contributed by atoms with E-state index in [1.54, 1.807) is 10.4 Å². The van der Waals surface area contributed by atoms with Gasteiger partial charge in [0.15, 0.2) is 0 Å². The fourth-order valence-electron chi connectivity index (χ4n) is 1.84. The smallest absolute Gasteiger partial charge is 1.00 e. The molecule has 0 aromatic rings. The van der Waals surface area contributed by atoms with Crippen LogP contribution in [0.4, 0.5) is 0 Å². The van der Waals surface area contributed by atoms with Gasteiger partial charge in [-0.1, -0.05) is 52.4 Å².